The monoisotopic (exact) mass is 413 g/mol. The number of rotatable bonds is 7. The summed E-state index contributed by atoms with van der Waals surface area (Å²) in [7, 11) is -1.53. The quantitative estimate of drug-likeness (QED) is 0.292. The maximum absolute atomic E-state index is 13.0. The van der Waals surface area contributed by atoms with Crippen LogP contribution in [-0.4, -0.2) is 37.1 Å². The summed E-state index contributed by atoms with van der Waals surface area (Å²) in [5.41, 5.74) is 0. The fourth-order valence-corrected chi connectivity index (χ4v) is 4.72. The van der Waals surface area contributed by atoms with Crippen molar-refractivity contribution in [2.45, 2.75) is 63.7 Å². The van der Waals surface area contributed by atoms with Crippen LogP contribution in [0.3, 0.4) is 0 Å². The second-order valence-electron chi connectivity index (χ2n) is 7.71. The Morgan fingerprint density at radius 2 is 1.93 bits per heavy atom. The lowest BCUT2D eigenvalue weighted by molar-refractivity contribution is -0.145. The molecule has 1 amide bonds. The van der Waals surface area contributed by atoms with Gasteiger partial charge in [0.15, 0.2) is 0 Å². The number of amides is 1. The van der Waals surface area contributed by atoms with E-state index in [9.17, 15) is 13.8 Å². The molecule has 0 unspecified atom stereocenters. The number of alkyl halides is 1. The minimum Gasteiger partial charge on any atom is -0.426 e. The van der Waals surface area contributed by atoms with Crippen LogP contribution < -0.4 is 4.74 Å². The Morgan fingerprint density at radius 1 is 1.26 bits per heavy atom. The van der Waals surface area contributed by atoms with Crippen molar-refractivity contribution in [1.29, 1.82) is 0 Å². The van der Waals surface area contributed by atoms with Crippen LogP contribution in [0, 0.1) is 5.92 Å². The highest BCUT2D eigenvalue weighted by molar-refractivity contribution is 7.84. The van der Waals surface area contributed by atoms with Crippen LogP contribution in [0.25, 0.3) is 0 Å². The van der Waals surface area contributed by atoms with Gasteiger partial charge in [0.25, 0.3) is 0 Å². The number of ether oxygens (including phenoxy) is 1. The van der Waals surface area contributed by atoms with Gasteiger partial charge in [-0.15, -0.1) is 11.6 Å². The number of hydrogen-bond donors (Lipinski definition) is 0. The van der Waals surface area contributed by atoms with Crippen LogP contribution in [0.15, 0.2) is 30.3 Å². The highest BCUT2D eigenvalue weighted by Crippen LogP contribution is 2.33. The minimum atomic E-state index is -1.53. The number of piperidine rings is 1. The average Bonchev–Trinajstić information content (AvgIpc) is 2.61. The molecule has 0 saturated carbocycles. The third-order valence-corrected chi connectivity index (χ3v) is 6.68. The van der Waals surface area contributed by atoms with E-state index in [1.165, 1.54) is 4.31 Å². The minimum absolute atomic E-state index is 0.164. The largest absolute Gasteiger partial charge is 0.426 e. The number of hydrogen-bond acceptors (Lipinski definition) is 4. The molecule has 27 heavy (non-hydrogen) atoms. The smallest absolute Gasteiger partial charge is 0.316 e. The highest BCUT2D eigenvalue weighted by atomic mass is 35.5. The maximum Gasteiger partial charge on any atom is 0.316 e. The summed E-state index contributed by atoms with van der Waals surface area (Å²) in [6.07, 6.45) is 2.72. The van der Waals surface area contributed by atoms with E-state index in [4.69, 9.17) is 16.3 Å². The summed E-state index contributed by atoms with van der Waals surface area (Å²) in [5.74, 6) is -0.0439. The van der Waals surface area contributed by atoms with Gasteiger partial charge in [-0.1, -0.05) is 24.6 Å². The number of carbonyl (C=O) groups excluding carboxylic acids is 2. The molecule has 150 valence electrons. The van der Waals surface area contributed by atoms with E-state index in [1.54, 1.807) is 24.3 Å². The number of esters is 1. The van der Waals surface area contributed by atoms with Crippen molar-refractivity contribution in [2.75, 3.05) is 5.88 Å². The first kappa shape index (κ1) is 21.9. The van der Waals surface area contributed by atoms with E-state index in [1.807, 2.05) is 26.8 Å². The summed E-state index contributed by atoms with van der Waals surface area (Å²) >= 11 is 5.79. The van der Waals surface area contributed by atoms with Crippen LogP contribution >= 0.6 is 11.6 Å². The molecule has 0 aromatic heterocycles. The summed E-state index contributed by atoms with van der Waals surface area (Å²) in [4.78, 5) is 25.5. The van der Waals surface area contributed by atoms with E-state index in [0.29, 0.717) is 24.5 Å². The highest BCUT2D eigenvalue weighted by Gasteiger charge is 2.45. The number of para-hydroxylation sites is 1. The lowest BCUT2D eigenvalue weighted by Crippen LogP contribution is -2.55. The Labute approximate surface area is 169 Å². The third-order valence-electron chi connectivity index (χ3n) is 4.53. The first-order valence-corrected chi connectivity index (χ1v) is 11.0. The van der Waals surface area contributed by atoms with Gasteiger partial charge < -0.3 is 4.74 Å². The van der Waals surface area contributed by atoms with Crippen LogP contribution in [-0.2, 0) is 20.6 Å². The Hall–Kier alpha value is -1.40. The molecule has 7 heteroatoms. The van der Waals surface area contributed by atoms with E-state index in [-0.39, 0.29) is 18.3 Å². The summed E-state index contributed by atoms with van der Waals surface area (Å²) in [6.45, 7) is 5.49. The molecule has 1 aliphatic heterocycles. The first-order valence-electron chi connectivity index (χ1n) is 9.32. The van der Waals surface area contributed by atoms with Crippen molar-refractivity contribution in [3.63, 3.8) is 0 Å². The molecule has 5 nitrogen and oxygen atoms in total. The Kier molecular flexibility index (Phi) is 7.86. The number of unbranched alkanes of at least 4 members (excludes halogenated alkanes) is 1. The van der Waals surface area contributed by atoms with E-state index in [2.05, 4.69) is 0 Å². The normalized spacial score (nSPS) is 21.8. The second kappa shape index (κ2) is 9.69. The van der Waals surface area contributed by atoms with Gasteiger partial charge in [-0.3, -0.25) is 13.9 Å². The summed E-state index contributed by atoms with van der Waals surface area (Å²) < 4.78 is 19.4. The molecule has 2 rings (SSSR count). The molecule has 3 atom stereocenters. The van der Waals surface area contributed by atoms with Gasteiger partial charge in [-0.2, -0.15) is 0 Å². The van der Waals surface area contributed by atoms with Gasteiger partial charge in [0.05, 0.1) is 16.7 Å². The average molecular weight is 414 g/mol. The van der Waals surface area contributed by atoms with Crippen LogP contribution in [0.5, 0.6) is 5.75 Å². The molecule has 1 aromatic rings. The van der Waals surface area contributed by atoms with Crippen molar-refractivity contribution in [1.82, 2.24) is 4.31 Å². The predicted octanol–water partition coefficient (Wildman–Crippen LogP) is 4.07. The number of carbonyl (C=O) groups is 2. The van der Waals surface area contributed by atoms with E-state index >= 15 is 0 Å². The van der Waals surface area contributed by atoms with Crippen molar-refractivity contribution in [3.05, 3.63) is 30.3 Å². The summed E-state index contributed by atoms with van der Waals surface area (Å²) in [6, 6.07) is 8.45. The molecule has 0 radical (unpaired) electrons. The van der Waals surface area contributed by atoms with Gasteiger partial charge in [0, 0.05) is 12.3 Å². The Bertz CT molecular complexity index is 674. The van der Waals surface area contributed by atoms with E-state index in [0.717, 1.165) is 12.8 Å². The van der Waals surface area contributed by atoms with Gasteiger partial charge in [0.1, 0.15) is 16.7 Å². The topological polar surface area (TPSA) is 63.7 Å². The van der Waals surface area contributed by atoms with E-state index < -0.39 is 27.7 Å². The molecule has 0 bridgehead atoms. The van der Waals surface area contributed by atoms with Crippen molar-refractivity contribution >= 4 is 34.5 Å². The molecule has 0 spiro atoms. The van der Waals surface area contributed by atoms with Gasteiger partial charge in [-0.05, 0) is 52.2 Å². The van der Waals surface area contributed by atoms with Crippen molar-refractivity contribution < 1.29 is 18.5 Å². The van der Waals surface area contributed by atoms with Crippen molar-refractivity contribution in [3.8, 4) is 5.75 Å². The second-order valence-corrected chi connectivity index (χ2v) is 10.2. The van der Waals surface area contributed by atoms with Gasteiger partial charge >= 0.3 is 5.97 Å². The zero-order valence-electron chi connectivity index (χ0n) is 16.2. The standard InChI is InChI=1S/C20H28ClNO4S/c1-20(2,3)27(25)22-17(11-7-8-14-21)16(12-13-18(22)23)19(24)26-15-9-5-4-6-10-15/h4-6,9-10,16-17H,7-8,11-14H2,1-3H3/t16-,17+,27+/m1/s1. The van der Waals surface area contributed by atoms with Gasteiger partial charge in [0.2, 0.25) is 5.91 Å². The molecule has 1 saturated heterocycles. The molecule has 1 fully saturated rings. The Morgan fingerprint density at radius 3 is 2.52 bits per heavy atom. The SMILES string of the molecule is CC(C)(C)[S@](=O)N1C(=O)CC[C@@H](C(=O)Oc2ccccc2)[C@@H]1CCCCCl. The first-order chi connectivity index (χ1) is 12.8. The van der Waals surface area contributed by atoms with Crippen LogP contribution in [0.2, 0.25) is 0 Å². The fourth-order valence-electron chi connectivity index (χ4n) is 3.16. The third kappa shape index (κ3) is 5.79. The maximum atomic E-state index is 13.0. The number of halogens is 1. The molecular formula is C20H28ClNO4S. The van der Waals surface area contributed by atoms with Crippen LogP contribution in [0.1, 0.15) is 52.9 Å². The Balaban J connectivity index is 2.26. The zero-order valence-corrected chi connectivity index (χ0v) is 17.7. The molecule has 1 heterocycles. The predicted molar refractivity (Wildman–Crippen MR) is 108 cm³/mol. The molecular weight excluding hydrogens is 386 g/mol. The summed E-state index contributed by atoms with van der Waals surface area (Å²) in [5, 5.41) is 0. The molecule has 0 N–H and O–H groups in total. The van der Waals surface area contributed by atoms with Crippen molar-refractivity contribution in [2.24, 2.45) is 5.92 Å². The molecule has 1 aromatic carbocycles. The lowest BCUT2D eigenvalue weighted by atomic mass is 9.87. The molecule has 0 aliphatic carbocycles. The fraction of sp³-hybridized carbons (Fsp3) is 0.600. The number of nitrogens with zero attached hydrogens (tertiary/aromatic N) is 1. The number of benzene rings is 1. The van der Waals surface area contributed by atoms with Crippen LogP contribution in [0.4, 0.5) is 0 Å². The van der Waals surface area contributed by atoms with Gasteiger partial charge in [-0.25, -0.2) is 4.21 Å². The zero-order chi connectivity index (χ0) is 20.0. The lowest BCUT2D eigenvalue weighted by Gasteiger charge is -2.41. The molecule has 1 aliphatic rings.